The second kappa shape index (κ2) is 8.47. The average molecular weight is 331 g/mol. The average Bonchev–Trinajstić information content (AvgIpc) is 2.55. The van der Waals surface area contributed by atoms with E-state index in [0.717, 1.165) is 16.9 Å². The Morgan fingerprint density at radius 1 is 1.09 bits per heavy atom. The Morgan fingerprint density at radius 2 is 1.73 bits per heavy atom. The highest BCUT2D eigenvalue weighted by Gasteiger charge is 2.02. The van der Waals surface area contributed by atoms with E-state index in [1.54, 1.807) is 23.9 Å². The van der Waals surface area contributed by atoms with Gasteiger partial charge in [-0.2, -0.15) is 5.26 Å². The summed E-state index contributed by atoms with van der Waals surface area (Å²) < 4.78 is 0. The lowest BCUT2D eigenvalue weighted by Crippen LogP contribution is -2.24. The van der Waals surface area contributed by atoms with Gasteiger partial charge in [0.1, 0.15) is 0 Å². The molecule has 0 fully saturated rings. The number of halogens is 1. The molecule has 0 radical (unpaired) electrons. The molecule has 112 valence electrons. The third-order valence-corrected chi connectivity index (χ3v) is 4.24. The molecule has 22 heavy (non-hydrogen) atoms. The molecule has 3 nitrogen and oxygen atoms in total. The Morgan fingerprint density at radius 3 is 2.36 bits per heavy atom. The first-order valence-corrected chi connectivity index (χ1v) is 8.28. The van der Waals surface area contributed by atoms with Gasteiger partial charge in [0, 0.05) is 17.3 Å². The number of amides is 1. The molecular formula is C17H15ClN2OS. The summed E-state index contributed by atoms with van der Waals surface area (Å²) in [5.74, 6) is 1.20. The van der Waals surface area contributed by atoms with Gasteiger partial charge in [-0.1, -0.05) is 35.9 Å². The highest BCUT2D eigenvalue weighted by atomic mass is 35.5. The summed E-state index contributed by atoms with van der Waals surface area (Å²) in [6, 6.07) is 16.9. The standard InChI is InChI=1S/C17H15ClN2OS/c18-16-7-5-15(6-8-16)11-22-12-17(21)20-10-14-3-1-13(9-19)2-4-14/h1-8H,10-12H2,(H,20,21). The first-order chi connectivity index (χ1) is 10.7. The monoisotopic (exact) mass is 330 g/mol. The van der Waals surface area contributed by atoms with Crippen LogP contribution in [0.1, 0.15) is 16.7 Å². The predicted octanol–water partition coefficient (Wildman–Crippen LogP) is 3.76. The first kappa shape index (κ1) is 16.4. The molecule has 0 aliphatic rings. The highest BCUT2D eigenvalue weighted by molar-refractivity contribution is 7.99. The third kappa shape index (κ3) is 5.44. The molecule has 2 aromatic rings. The lowest BCUT2D eigenvalue weighted by atomic mass is 10.1. The van der Waals surface area contributed by atoms with Crippen molar-refractivity contribution in [2.75, 3.05) is 5.75 Å². The summed E-state index contributed by atoms with van der Waals surface area (Å²) in [6.45, 7) is 0.478. The van der Waals surface area contributed by atoms with Crippen LogP contribution in [0.3, 0.4) is 0 Å². The minimum atomic E-state index is 0.00308. The Balaban J connectivity index is 1.69. The summed E-state index contributed by atoms with van der Waals surface area (Å²) in [5, 5.41) is 12.3. The number of nitrogens with zero attached hydrogens (tertiary/aromatic N) is 1. The van der Waals surface area contributed by atoms with Crippen LogP contribution < -0.4 is 5.32 Å². The molecule has 2 aromatic carbocycles. The maximum atomic E-state index is 11.8. The maximum absolute atomic E-state index is 11.8. The molecule has 5 heteroatoms. The van der Waals surface area contributed by atoms with Crippen LogP contribution in [0.5, 0.6) is 0 Å². The van der Waals surface area contributed by atoms with E-state index in [1.165, 1.54) is 0 Å². The zero-order valence-electron chi connectivity index (χ0n) is 11.9. The predicted molar refractivity (Wildman–Crippen MR) is 90.6 cm³/mol. The van der Waals surface area contributed by atoms with Crippen LogP contribution >= 0.6 is 23.4 Å². The largest absolute Gasteiger partial charge is 0.351 e. The molecule has 0 unspecified atom stereocenters. The van der Waals surface area contributed by atoms with Crippen LogP contribution in [-0.4, -0.2) is 11.7 Å². The molecule has 0 saturated heterocycles. The van der Waals surface area contributed by atoms with Crippen LogP contribution in [0, 0.1) is 11.3 Å². The van der Waals surface area contributed by atoms with Crippen molar-refractivity contribution in [2.45, 2.75) is 12.3 Å². The highest BCUT2D eigenvalue weighted by Crippen LogP contribution is 2.15. The lowest BCUT2D eigenvalue weighted by Gasteiger charge is -2.06. The van der Waals surface area contributed by atoms with Gasteiger partial charge in [0.15, 0.2) is 0 Å². The second-order valence-electron chi connectivity index (χ2n) is 4.70. The molecule has 2 rings (SSSR count). The van der Waals surface area contributed by atoms with E-state index < -0.39 is 0 Å². The maximum Gasteiger partial charge on any atom is 0.230 e. The third-order valence-electron chi connectivity index (χ3n) is 2.99. The number of hydrogen-bond acceptors (Lipinski definition) is 3. The van der Waals surface area contributed by atoms with Gasteiger partial charge in [0.25, 0.3) is 0 Å². The number of hydrogen-bond donors (Lipinski definition) is 1. The topological polar surface area (TPSA) is 52.9 Å². The van der Waals surface area contributed by atoms with Crippen molar-refractivity contribution < 1.29 is 4.79 Å². The van der Waals surface area contributed by atoms with E-state index in [0.29, 0.717) is 22.9 Å². The Bertz CT molecular complexity index is 663. The van der Waals surface area contributed by atoms with Crippen LogP contribution in [0.4, 0.5) is 0 Å². The summed E-state index contributed by atoms with van der Waals surface area (Å²) in [6.07, 6.45) is 0. The number of carbonyl (C=O) groups is 1. The molecule has 1 amide bonds. The molecule has 1 N–H and O–H groups in total. The quantitative estimate of drug-likeness (QED) is 0.877. The van der Waals surface area contributed by atoms with E-state index in [4.69, 9.17) is 16.9 Å². The number of carbonyl (C=O) groups excluding carboxylic acids is 1. The first-order valence-electron chi connectivity index (χ1n) is 6.75. The van der Waals surface area contributed by atoms with Crippen LogP contribution in [0.25, 0.3) is 0 Å². The number of thioether (sulfide) groups is 1. The van der Waals surface area contributed by atoms with Crippen molar-refractivity contribution in [1.29, 1.82) is 5.26 Å². The van der Waals surface area contributed by atoms with Gasteiger partial charge in [-0.3, -0.25) is 4.79 Å². The molecule has 0 heterocycles. The fourth-order valence-corrected chi connectivity index (χ4v) is 2.73. The SMILES string of the molecule is N#Cc1ccc(CNC(=O)CSCc2ccc(Cl)cc2)cc1. The van der Waals surface area contributed by atoms with Crippen LogP contribution in [0.15, 0.2) is 48.5 Å². The van der Waals surface area contributed by atoms with Crippen LogP contribution in [0.2, 0.25) is 5.02 Å². The number of rotatable bonds is 6. The van der Waals surface area contributed by atoms with Gasteiger partial charge >= 0.3 is 0 Å². The van der Waals surface area contributed by atoms with Gasteiger partial charge in [0.2, 0.25) is 5.91 Å². The Labute approximate surface area is 139 Å². The summed E-state index contributed by atoms with van der Waals surface area (Å²) >= 11 is 7.39. The summed E-state index contributed by atoms with van der Waals surface area (Å²) in [5.41, 5.74) is 2.75. The van der Waals surface area contributed by atoms with E-state index in [9.17, 15) is 4.79 Å². The molecule has 0 atom stereocenters. The smallest absolute Gasteiger partial charge is 0.230 e. The molecule has 0 bridgehead atoms. The Hall–Kier alpha value is -1.96. The fraction of sp³-hybridized carbons (Fsp3) is 0.176. The van der Waals surface area contributed by atoms with Gasteiger partial charge in [-0.25, -0.2) is 0 Å². The molecule has 0 aliphatic carbocycles. The zero-order chi connectivity index (χ0) is 15.8. The van der Waals surface area contributed by atoms with Crippen LogP contribution in [-0.2, 0) is 17.1 Å². The lowest BCUT2D eigenvalue weighted by molar-refractivity contribution is -0.118. The van der Waals surface area contributed by atoms with Crippen molar-refractivity contribution in [3.8, 4) is 6.07 Å². The molecule has 0 saturated carbocycles. The number of nitriles is 1. The van der Waals surface area contributed by atoms with Gasteiger partial charge in [-0.05, 0) is 35.4 Å². The van der Waals surface area contributed by atoms with E-state index in [1.807, 2.05) is 36.4 Å². The van der Waals surface area contributed by atoms with Gasteiger partial charge in [0.05, 0.1) is 17.4 Å². The summed E-state index contributed by atoms with van der Waals surface area (Å²) in [7, 11) is 0. The van der Waals surface area contributed by atoms with E-state index >= 15 is 0 Å². The second-order valence-corrected chi connectivity index (χ2v) is 6.13. The van der Waals surface area contributed by atoms with Crippen molar-refractivity contribution >= 4 is 29.3 Å². The van der Waals surface area contributed by atoms with Crippen molar-refractivity contribution in [3.05, 3.63) is 70.2 Å². The number of benzene rings is 2. The van der Waals surface area contributed by atoms with E-state index in [2.05, 4.69) is 11.4 Å². The normalized spacial score (nSPS) is 10.0. The van der Waals surface area contributed by atoms with Gasteiger partial charge in [-0.15, -0.1) is 11.8 Å². The zero-order valence-corrected chi connectivity index (χ0v) is 13.5. The Kier molecular flexibility index (Phi) is 6.32. The minimum Gasteiger partial charge on any atom is -0.351 e. The molecule has 0 aliphatic heterocycles. The number of nitrogens with one attached hydrogen (secondary N) is 1. The van der Waals surface area contributed by atoms with Crippen molar-refractivity contribution in [2.24, 2.45) is 0 Å². The van der Waals surface area contributed by atoms with Crippen molar-refractivity contribution in [1.82, 2.24) is 5.32 Å². The van der Waals surface area contributed by atoms with Crippen molar-refractivity contribution in [3.63, 3.8) is 0 Å². The van der Waals surface area contributed by atoms with E-state index in [-0.39, 0.29) is 5.91 Å². The molecular weight excluding hydrogens is 316 g/mol. The molecule has 0 spiro atoms. The summed E-state index contributed by atoms with van der Waals surface area (Å²) in [4.78, 5) is 11.8. The van der Waals surface area contributed by atoms with Gasteiger partial charge < -0.3 is 5.32 Å². The molecule has 0 aromatic heterocycles. The fourth-order valence-electron chi connectivity index (χ4n) is 1.79. The minimum absolute atomic E-state index is 0.00308.